The van der Waals surface area contributed by atoms with Crippen LogP contribution in [0.1, 0.15) is 25.3 Å². The number of nitrogens with zero attached hydrogens (tertiary/aromatic N) is 1. The molecule has 1 aromatic rings. The Hall–Kier alpha value is -0.450. The van der Waals surface area contributed by atoms with E-state index >= 15 is 0 Å². The molecule has 0 saturated carbocycles. The van der Waals surface area contributed by atoms with Crippen molar-refractivity contribution in [2.75, 3.05) is 46.1 Å². The van der Waals surface area contributed by atoms with E-state index in [-0.39, 0.29) is 29.8 Å². The van der Waals surface area contributed by atoms with Gasteiger partial charge in [-0.2, -0.15) is 0 Å². The lowest BCUT2D eigenvalue weighted by atomic mass is 10.1. The molecule has 1 aliphatic rings. The summed E-state index contributed by atoms with van der Waals surface area (Å²) in [6.45, 7) is 7.52. The normalized spacial score (nSPS) is 16.9. The Morgan fingerprint density at radius 3 is 2.96 bits per heavy atom. The minimum absolute atomic E-state index is 0. The molecule has 0 bridgehead atoms. The lowest BCUT2D eigenvalue weighted by Crippen LogP contribution is -2.38. The van der Waals surface area contributed by atoms with Crippen molar-refractivity contribution < 1.29 is 13.9 Å². The van der Waals surface area contributed by atoms with Gasteiger partial charge in [-0.3, -0.25) is 4.99 Å². The lowest BCUT2D eigenvalue weighted by molar-refractivity contribution is 0.0893. The molecule has 1 fully saturated rings. The fraction of sp³-hybridized carbons (Fsp3) is 0.632. The maximum atomic E-state index is 13.3. The molecule has 154 valence electrons. The fourth-order valence-electron chi connectivity index (χ4n) is 2.68. The quantitative estimate of drug-likeness (QED) is 0.199. The van der Waals surface area contributed by atoms with Gasteiger partial charge in [0.2, 0.25) is 0 Å². The number of aliphatic imine (C=N–C) groups is 1. The van der Waals surface area contributed by atoms with Gasteiger partial charge in [0.05, 0.1) is 17.7 Å². The fourth-order valence-corrected chi connectivity index (χ4v) is 3.11. The van der Waals surface area contributed by atoms with Gasteiger partial charge in [-0.1, -0.05) is 6.07 Å². The predicted octanol–water partition coefficient (Wildman–Crippen LogP) is 3.75. The second-order valence-electron chi connectivity index (χ2n) is 6.34. The van der Waals surface area contributed by atoms with Crippen molar-refractivity contribution in [3.8, 4) is 0 Å². The van der Waals surface area contributed by atoms with Crippen molar-refractivity contribution >= 4 is 45.9 Å². The van der Waals surface area contributed by atoms with Crippen LogP contribution in [0.3, 0.4) is 0 Å². The van der Waals surface area contributed by atoms with E-state index in [2.05, 4.69) is 31.6 Å². The molecule has 0 aromatic heterocycles. The second-order valence-corrected chi connectivity index (χ2v) is 7.20. The van der Waals surface area contributed by atoms with Crippen LogP contribution in [-0.4, -0.2) is 52.0 Å². The molecule has 1 atom stereocenters. The monoisotopic (exact) mass is 557 g/mol. The van der Waals surface area contributed by atoms with Gasteiger partial charge in [0.15, 0.2) is 5.96 Å². The molecule has 1 aliphatic heterocycles. The Labute approximate surface area is 187 Å². The van der Waals surface area contributed by atoms with E-state index in [9.17, 15) is 4.39 Å². The van der Waals surface area contributed by atoms with Crippen molar-refractivity contribution in [2.24, 2.45) is 10.9 Å². The van der Waals surface area contributed by atoms with Crippen molar-refractivity contribution in [2.45, 2.75) is 26.2 Å². The largest absolute Gasteiger partial charge is 0.381 e. The van der Waals surface area contributed by atoms with E-state index < -0.39 is 0 Å². The summed E-state index contributed by atoms with van der Waals surface area (Å²) in [5.41, 5.74) is 1.07. The van der Waals surface area contributed by atoms with Crippen LogP contribution < -0.4 is 10.6 Å². The highest BCUT2D eigenvalue weighted by Crippen LogP contribution is 2.16. The Bertz CT molecular complexity index is 572. The number of guanidine groups is 1. The summed E-state index contributed by atoms with van der Waals surface area (Å²) >= 11 is 3.22. The maximum absolute atomic E-state index is 13.3. The summed E-state index contributed by atoms with van der Waals surface area (Å²) in [4.78, 5) is 4.57. The first kappa shape index (κ1) is 24.6. The molecule has 1 aromatic carbocycles. The van der Waals surface area contributed by atoms with Crippen LogP contribution in [0.4, 0.5) is 4.39 Å². The highest BCUT2D eigenvalue weighted by molar-refractivity contribution is 14.0. The van der Waals surface area contributed by atoms with Gasteiger partial charge >= 0.3 is 0 Å². The van der Waals surface area contributed by atoms with Crippen LogP contribution in [-0.2, 0) is 15.9 Å². The molecule has 1 saturated heterocycles. The topological polar surface area (TPSA) is 54.9 Å². The minimum Gasteiger partial charge on any atom is -0.381 e. The number of ether oxygens (including phenoxy) is 2. The highest BCUT2D eigenvalue weighted by Gasteiger charge is 2.15. The first-order valence-corrected chi connectivity index (χ1v) is 10.1. The van der Waals surface area contributed by atoms with Crippen molar-refractivity contribution in [1.29, 1.82) is 0 Å². The molecule has 8 heteroatoms. The molecule has 0 spiro atoms. The molecule has 2 N–H and O–H groups in total. The first-order chi connectivity index (χ1) is 12.7. The van der Waals surface area contributed by atoms with Crippen LogP contribution in [0, 0.1) is 11.7 Å². The minimum atomic E-state index is -0.237. The van der Waals surface area contributed by atoms with Crippen LogP contribution in [0.25, 0.3) is 0 Å². The third-order valence-electron chi connectivity index (χ3n) is 4.13. The molecule has 1 unspecified atom stereocenters. The summed E-state index contributed by atoms with van der Waals surface area (Å²) in [6, 6.07) is 5.10. The van der Waals surface area contributed by atoms with Gasteiger partial charge in [-0.25, -0.2) is 4.39 Å². The average Bonchev–Trinajstić information content (AvgIpc) is 3.14. The van der Waals surface area contributed by atoms with E-state index in [0.29, 0.717) is 10.4 Å². The van der Waals surface area contributed by atoms with Crippen LogP contribution >= 0.6 is 39.9 Å². The van der Waals surface area contributed by atoms with E-state index in [1.165, 1.54) is 6.07 Å². The number of halogens is 3. The summed E-state index contributed by atoms with van der Waals surface area (Å²) < 4.78 is 24.8. The number of hydrogen-bond acceptors (Lipinski definition) is 3. The lowest BCUT2D eigenvalue weighted by Gasteiger charge is -2.12. The number of nitrogens with one attached hydrogen (secondary N) is 2. The van der Waals surface area contributed by atoms with Gasteiger partial charge in [0.1, 0.15) is 5.82 Å². The molecule has 0 aliphatic carbocycles. The van der Waals surface area contributed by atoms with Gasteiger partial charge in [-0.05, 0) is 59.8 Å². The van der Waals surface area contributed by atoms with E-state index in [1.54, 1.807) is 6.07 Å². The van der Waals surface area contributed by atoms with E-state index in [4.69, 9.17) is 9.47 Å². The first-order valence-electron chi connectivity index (χ1n) is 9.30. The van der Waals surface area contributed by atoms with Crippen molar-refractivity contribution in [3.05, 3.63) is 34.1 Å². The molecule has 2 rings (SSSR count). The Morgan fingerprint density at radius 1 is 1.41 bits per heavy atom. The van der Waals surface area contributed by atoms with Crippen LogP contribution in [0.5, 0.6) is 0 Å². The summed E-state index contributed by atoms with van der Waals surface area (Å²) in [7, 11) is 0. The SMILES string of the molecule is CCNC(=NCCCOCC1CCOC1)NCCc1ccc(F)c(Br)c1.I. The number of benzene rings is 1. The smallest absolute Gasteiger partial charge is 0.191 e. The molecular weight excluding hydrogens is 528 g/mol. The van der Waals surface area contributed by atoms with Crippen LogP contribution in [0.2, 0.25) is 0 Å². The second kappa shape index (κ2) is 14.5. The van der Waals surface area contributed by atoms with Gasteiger partial charge < -0.3 is 20.1 Å². The molecule has 0 radical (unpaired) electrons. The summed E-state index contributed by atoms with van der Waals surface area (Å²) in [5.74, 6) is 1.13. The number of rotatable bonds is 10. The average molecular weight is 558 g/mol. The van der Waals surface area contributed by atoms with Gasteiger partial charge in [0, 0.05) is 38.8 Å². The van der Waals surface area contributed by atoms with E-state index in [1.807, 2.05) is 13.0 Å². The molecular formula is C19H30BrFIN3O2. The zero-order chi connectivity index (χ0) is 18.6. The molecule has 1 heterocycles. The van der Waals surface area contributed by atoms with Gasteiger partial charge in [-0.15, -0.1) is 24.0 Å². The van der Waals surface area contributed by atoms with Crippen molar-refractivity contribution in [1.82, 2.24) is 10.6 Å². The number of hydrogen-bond donors (Lipinski definition) is 2. The maximum Gasteiger partial charge on any atom is 0.191 e. The predicted molar refractivity (Wildman–Crippen MR) is 122 cm³/mol. The Kier molecular flexibility index (Phi) is 13.2. The molecule has 27 heavy (non-hydrogen) atoms. The zero-order valence-electron chi connectivity index (χ0n) is 15.8. The Balaban J connectivity index is 0.00000364. The standard InChI is InChI=1S/C19H29BrFN3O2.HI/c1-2-22-19(23-8-3-10-25-13-16-7-11-26-14-16)24-9-6-15-4-5-18(21)17(20)12-15;/h4-5,12,16H,2-3,6-11,13-14H2,1H3,(H2,22,23,24);1H. The highest BCUT2D eigenvalue weighted by atomic mass is 127. The molecule has 0 amide bonds. The van der Waals surface area contributed by atoms with Gasteiger partial charge in [0.25, 0.3) is 0 Å². The zero-order valence-corrected chi connectivity index (χ0v) is 19.7. The summed E-state index contributed by atoms with van der Waals surface area (Å²) in [6.07, 6.45) is 2.81. The van der Waals surface area contributed by atoms with Crippen LogP contribution in [0.15, 0.2) is 27.7 Å². The van der Waals surface area contributed by atoms with Crippen molar-refractivity contribution in [3.63, 3.8) is 0 Å². The summed E-state index contributed by atoms with van der Waals surface area (Å²) in [5, 5.41) is 6.55. The van der Waals surface area contributed by atoms with E-state index in [0.717, 1.165) is 76.8 Å². The molecule has 5 nitrogen and oxygen atoms in total. The third kappa shape index (κ3) is 10.0. The third-order valence-corrected chi connectivity index (χ3v) is 4.74. The Morgan fingerprint density at radius 2 is 2.26 bits per heavy atom.